The highest BCUT2D eigenvalue weighted by atomic mass is 16.6. The van der Waals surface area contributed by atoms with Gasteiger partial charge in [-0.15, -0.1) is 0 Å². The van der Waals surface area contributed by atoms with E-state index in [-0.39, 0.29) is 37.0 Å². The van der Waals surface area contributed by atoms with Crippen molar-refractivity contribution < 1.29 is 23.5 Å². The molecule has 0 radical (unpaired) electrons. The van der Waals surface area contributed by atoms with Crippen LogP contribution in [0.15, 0.2) is 47.4 Å². The molecule has 0 bridgehead atoms. The monoisotopic (exact) mass is 438 g/mol. The van der Waals surface area contributed by atoms with E-state index in [0.717, 1.165) is 25.7 Å². The molecule has 32 heavy (non-hydrogen) atoms. The van der Waals surface area contributed by atoms with Crippen LogP contribution >= 0.6 is 0 Å². The maximum Gasteiger partial charge on any atom is 0.410 e. The zero-order valence-electron chi connectivity index (χ0n) is 18.7. The van der Waals surface area contributed by atoms with E-state index in [1.807, 2.05) is 23.1 Å². The third-order valence-corrected chi connectivity index (χ3v) is 6.45. The number of nitrogens with zero attached hydrogens (tertiary/aromatic N) is 2. The molecule has 1 aromatic carbocycles. The molecule has 0 aliphatic heterocycles. The molecule has 0 spiro atoms. The minimum Gasteiger partial charge on any atom is -0.461 e. The Morgan fingerprint density at radius 1 is 1.28 bits per heavy atom. The fourth-order valence-corrected chi connectivity index (χ4v) is 4.50. The summed E-state index contributed by atoms with van der Waals surface area (Å²) in [5, 5.41) is 0. The van der Waals surface area contributed by atoms with Gasteiger partial charge in [0, 0.05) is 18.5 Å². The van der Waals surface area contributed by atoms with Crippen molar-refractivity contribution in [2.24, 2.45) is 0 Å². The van der Waals surface area contributed by atoms with Crippen molar-refractivity contribution in [1.29, 1.82) is 0 Å². The van der Waals surface area contributed by atoms with Crippen molar-refractivity contribution in [2.45, 2.75) is 56.9 Å². The molecular weight excluding hydrogens is 408 g/mol. The number of carbonyl (C=O) groups is 2. The first-order valence-corrected chi connectivity index (χ1v) is 11.2. The highest BCUT2D eigenvalue weighted by Gasteiger charge is 2.52. The predicted octanol–water partition coefficient (Wildman–Crippen LogP) is 4.76. The number of oxazole rings is 1. The van der Waals surface area contributed by atoms with Gasteiger partial charge in [-0.3, -0.25) is 0 Å². The second kappa shape index (κ2) is 9.18. The van der Waals surface area contributed by atoms with Gasteiger partial charge in [-0.25, -0.2) is 14.6 Å². The van der Waals surface area contributed by atoms with Gasteiger partial charge in [0.15, 0.2) is 5.69 Å². The van der Waals surface area contributed by atoms with Gasteiger partial charge >= 0.3 is 12.1 Å². The molecule has 1 amide bonds. The van der Waals surface area contributed by atoms with Crippen molar-refractivity contribution in [3.8, 4) is 0 Å². The lowest BCUT2D eigenvalue weighted by atomic mass is 9.68. The third kappa shape index (κ3) is 4.29. The highest BCUT2D eigenvalue weighted by Crippen LogP contribution is 2.49. The molecule has 2 fully saturated rings. The Hall–Kier alpha value is -3.09. The average Bonchev–Trinajstić information content (AvgIpc) is 3.46. The maximum absolute atomic E-state index is 13.0. The van der Waals surface area contributed by atoms with Gasteiger partial charge in [0.25, 0.3) is 0 Å². The predicted molar refractivity (Wildman–Crippen MR) is 119 cm³/mol. The van der Waals surface area contributed by atoms with Crippen molar-refractivity contribution in [3.63, 3.8) is 0 Å². The Kier molecular flexibility index (Phi) is 6.35. The fourth-order valence-electron chi connectivity index (χ4n) is 4.50. The SMILES string of the molecule is C=CCOC(=O)N(CC1(c2nc(C(=O)OCC)c(C)o2)CCC1)[C@H]1C[C@@H]1c1ccccc1. The van der Waals surface area contributed by atoms with Crippen LogP contribution in [0.25, 0.3) is 0 Å². The zero-order chi connectivity index (χ0) is 22.7. The molecule has 170 valence electrons. The van der Waals surface area contributed by atoms with Crippen molar-refractivity contribution >= 4 is 12.1 Å². The molecule has 2 atom stereocenters. The lowest BCUT2D eigenvalue weighted by Gasteiger charge is -2.42. The van der Waals surface area contributed by atoms with Crippen molar-refractivity contribution in [2.75, 3.05) is 19.8 Å². The van der Waals surface area contributed by atoms with Crippen LogP contribution in [0.3, 0.4) is 0 Å². The lowest BCUT2D eigenvalue weighted by molar-refractivity contribution is 0.0517. The minimum absolute atomic E-state index is 0.0628. The molecule has 7 nitrogen and oxygen atoms in total. The number of aromatic nitrogens is 1. The van der Waals surface area contributed by atoms with E-state index >= 15 is 0 Å². The first-order valence-electron chi connectivity index (χ1n) is 11.2. The Labute approximate surface area is 188 Å². The number of carbonyl (C=O) groups excluding carboxylic acids is 2. The van der Waals surface area contributed by atoms with Crippen LogP contribution in [0, 0.1) is 6.92 Å². The number of esters is 1. The number of ether oxygens (including phenoxy) is 2. The Morgan fingerprint density at radius 2 is 2.03 bits per heavy atom. The fraction of sp³-hybridized carbons (Fsp3) is 0.480. The number of aryl methyl sites for hydroxylation is 1. The maximum atomic E-state index is 13.0. The normalized spacial score (nSPS) is 20.7. The molecule has 2 aromatic rings. The van der Waals surface area contributed by atoms with Gasteiger partial charge < -0.3 is 18.8 Å². The number of rotatable bonds is 9. The molecule has 1 heterocycles. The van der Waals surface area contributed by atoms with Crippen molar-refractivity contribution in [1.82, 2.24) is 9.88 Å². The first kappa shape index (κ1) is 22.1. The molecule has 0 N–H and O–H groups in total. The molecule has 0 unspecified atom stereocenters. The molecule has 2 saturated carbocycles. The van der Waals surface area contributed by atoms with E-state index in [9.17, 15) is 9.59 Å². The average molecular weight is 439 g/mol. The summed E-state index contributed by atoms with van der Waals surface area (Å²) in [4.78, 5) is 31.6. The summed E-state index contributed by atoms with van der Waals surface area (Å²) in [6, 6.07) is 10.3. The van der Waals surface area contributed by atoms with Gasteiger partial charge in [0.2, 0.25) is 5.89 Å². The van der Waals surface area contributed by atoms with Crippen LogP contribution in [0.2, 0.25) is 0 Å². The van der Waals surface area contributed by atoms with E-state index in [2.05, 4.69) is 23.7 Å². The number of amides is 1. The standard InChI is InChI=1S/C25H30N2O5/c1-4-14-31-24(29)27(20-15-19(20)18-10-7-6-8-11-18)16-25(12-9-13-25)23-26-21(17(3)32-23)22(28)30-5-2/h4,6-8,10-11,19-20H,1,5,9,12-16H2,2-3H3/t19-,20+/m1/s1. The summed E-state index contributed by atoms with van der Waals surface area (Å²) in [6.45, 7) is 8.00. The molecule has 2 aliphatic carbocycles. The van der Waals surface area contributed by atoms with E-state index in [1.165, 1.54) is 5.56 Å². The molecule has 4 rings (SSSR count). The lowest BCUT2D eigenvalue weighted by Crippen LogP contribution is -2.49. The van der Waals surface area contributed by atoms with Gasteiger partial charge in [-0.1, -0.05) is 49.4 Å². The molecule has 7 heteroatoms. The van der Waals surface area contributed by atoms with Crippen LogP contribution in [0.1, 0.15) is 66.2 Å². The summed E-state index contributed by atoms with van der Waals surface area (Å²) < 4.78 is 16.5. The minimum atomic E-state index is -0.483. The summed E-state index contributed by atoms with van der Waals surface area (Å²) in [7, 11) is 0. The highest BCUT2D eigenvalue weighted by molar-refractivity contribution is 5.88. The number of hydrogen-bond donors (Lipinski definition) is 0. The van der Waals surface area contributed by atoms with E-state index in [4.69, 9.17) is 13.9 Å². The first-order chi connectivity index (χ1) is 15.5. The molecular formula is C25H30N2O5. The quantitative estimate of drug-likeness (QED) is 0.415. The smallest absolute Gasteiger partial charge is 0.410 e. The van der Waals surface area contributed by atoms with E-state index < -0.39 is 11.4 Å². The Balaban J connectivity index is 1.58. The van der Waals surface area contributed by atoms with Gasteiger partial charge in [-0.05, 0) is 38.7 Å². The number of benzene rings is 1. The summed E-state index contributed by atoms with van der Waals surface area (Å²) >= 11 is 0. The summed E-state index contributed by atoms with van der Waals surface area (Å²) in [5.41, 5.74) is 1.01. The summed E-state index contributed by atoms with van der Waals surface area (Å²) in [5.74, 6) is 0.746. The third-order valence-electron chi connectivity index (χ3n) is 6.45. The molecule has 2 aliphatic rings. The molecule has 0 saturated heterocycles. The van der Waals surface area contributed by atoms with Crippen LogP contribution in [0.5, 0.6) is 0 Å². The number of hydrogen-bond acceptors (Lipinski definition) is 6. The summed E-state index contributed by atoms with van der Waals surface area (Å²) in [6.07, 6.45) is 4.79. The second-order valence-electron chi connectivity index (χ2n) is 8.59. The van der Waals surface area contributed by atoms with Gasteiger partial charge in [0.1, 0.15) is 12.4 Å². The van der Waals surface area contributed by atoms with Crippen molar-refractivity contribution in [3.05, 3.63) is 65.9 Å². The van der Waals surface area contributed by atoms with Crippen LogP contribution < -0.4 is 0 Å². The largest absolute Gasteiger partial charge is 0.461 e. The zero-order valence-corrected chi connectivity index (χ0v) is 18.7. The van der Waals surface area contributed by atoms with E-state index in [0.29, 0.717) is 18.2 Å². The van der Waals surface area contributed by atoms with E-state index in [1.54, 1.807) is 19.9 Å². The topological polar surface area (TPSA) is 81.9 Å². The second-order valence-corrected chi connectivity index (χ2v) is 8.59. The van der Waals surface area contributed by atoms with Crippen LogP contribution in [-0.2, 0) is 14.9 Å². The van der Waals surface area contributed by atoms with Gasteiger partial charge in [-0.2, -0.15) is 0 Å². The van der Waals surface area contributed by atoms with Crippen LogP contribution in [-0.4, -0.2) is 47.7 Å². The Morgan fingerprint density at radius 3 is 2.66 bits per heavy atom. The Bertz CT molecular complexity index is 979. The van der Waals surface area contributed by atoms with Crippen LogP contribution in [0.4, 0.5) is 4.79 Å². The molecule has 1 aromatic heterocycles. The van der Waals surface area contributed by atoms with Gasteiger partial charge in [0.05, 0.1) is 12.0 Å².